The SMILES string of the molecule is CCCCCCCCc1ccc(N(c2ccc(CCCCCCCC)cn2)c2cccc(N(c3ccc(CCCCCCCC)cn3)c3ccc(CCCCCCCC)cn3)n2)nc1. The van der Waals surface area contributed by atoms with Gasteiger partial charge in [-0.05, 0) is 110 Å². The molecule has 7 nitrogen and oxygen atoms in total. The molecule has 7 heteroatoms. The van der Waals surface area contributed by atoms with Gasteiger partial charge in [-0.15, -0.1) is 0 Å². The van der Waals surface area contributed by atoms with Gasteiger partial charge in [-0.1, -0.05) is 186 Å². The molecule has 0 aliphatic carbocycles. The van der Waals surface area contributed by atoms with E-state index in [1.807, 2.05) is 24.8 Å². The summed E-state index contributed by atoms with van der Waals surface area (Å²) in [6, 6.07) is 23.7. The molecule has 64 heavy (non-hydrogen) atoms. The second-order valence-corrected chi connectivity index (χ2v) is 18.2. The molecular formula is C57H83N7. The summed E-state index contributed by atoms with van der Waals surface area (Å²) in [4.78, 5) is 29.9. The van der Waals surface area contributed by atoms with E-state index in [1.165, 1.54) is 176 Å². The zero-order valence-corrected chi connectivity index (χ0v) is 40.6. The fourth-order valence-electron chi connectivity index (χ4n) is 8.59. The van der Waals surface area contributed by atoms with Gasteiger partial charge in [0.05, 0.1) is 0 Å². The van der Waals surface area contributed by atoms with Crippen molar-refractivity contribution in [2.45, 2.75) is 207 Å². The van der Waals surface area contributed by atoms with Gasteiger partial charge in [-0.25, -0.2) is 24.9 Å². The maximum absolute atomic E-state index is 5.40. The van der Waals surface area contributed by atoms with Crippen molar-refractivity contribution in [3.8, 4) is 0 Å². The molecule has 5 aromatic rings. The normalized spacial score (nSPS) is 11.3. The Morgan fingerprint density at radius 2 is 0.531 bits per heavy atom. The van der Waals surface area contributed by atoms with E-state index in [0.29, 0.717) is 0 Å². The molecule has 0 aliphatic heterocycles. The van der Waals surface area contributed by atoms with Crippen LogP contribution in [0.1, 0.15) is 204 Å². The number of hydrogen-bond donors (Lipinski definition) is 0. The number of rotatable bonds is 34. The predicted octanol–water partition coefficient (Wildman–Crippen LogP) is 17.2. The van der Waals surface area contributed by atoms with Crippen LogP contribution in [0.2, 0.25) is 0 Å². The minimum atomic E-state index is 0.745. The predicted molar refractivity (Wildman–Crippen MR) is 273 cm³/mol. The van der Waals surface area contributed by atoms with Crippen LogP contribution in [0.5, 0.6) is 0 Å². The number of pyridine rings is 5. The number of hydrogen-bond acceptors (Lipinski definition) is 7. The lowest BCUT2D eigenvalue weighted by molar-refractivity contribution is 0.607. The zero-order chi connectivity index (χ0) is 44.9. The van der Waals surface area contributed by atoms with Crippen molar-refractivity contribution in [3.05, 3.63) is 114 Å². The van der Waals surface area contributed by atoms with Crippen LogP contribution in [0.4, 0.5) is 34.9 Å². The fourth-order valence-corrected chi connectivity index (χ4v) is 8.59. The van der Waals surface area contributed by atoms with Gasteiger partial charge in [0.25, 0.3) is 0 Å². The molecule has 0 aliphatic rings. The van der Waals surface area contributed by atoms with Gasteiger partial charge in [0.1, 0.15) is 34.9 Å². The van der Waals surface area contributed by atoms with Gasteiger partial charge in [0.15, 0.2) is 0 Å². The van der Waals surface area contributed by atoms with E-state index in [2.05, 4.69) is 104 Å². The minimum absolute atomic E-state index is 0.745. The molecule has 0 unspecified atom stereocenters. The van der Waals surface area contributed by atoms with Gasteiger partial charge >= 0.3 is 0 Å². The van der Waals surface area contributed by atoms with E-state index in [1.54, 1.807) is 0 Å². The summed E-state index contributed by atoms with van der Waals surface area (Å²) in [5.41, 5.74) is 5.08. The van der Waals surface area contributed by atoms with Gasteiger partial charge < -0.3 is 0 Å². The Bertz CT molecular complexity index is 1670. The van der Waals surface area contributed by atoms with E-state index in [0.717, 1.165) is 60.6 Å². The molecule has 0 saturated heterocycles. The van der Waals surface area contributed by atoms with Crippen molar-refractivity contribution >= 4 is 34.9 Å². The highest BCUT2D eigenvalue weighted by Crippen LogP contribution is 2.36. The van der Waals surface area contributed by atoms with Crippen LogP contribution in [-0.2, 0) is 25.7 Å². The third-order valence-electron chi connectivity index (χ3n) is 12.6. The van der Waals surface area contributed by atoms with Gasteiger partial charge in [0, 0.05) is 24.8 Å². The Morgan fingerprint density at radius 3 is 0.766 bits per heavy atom. The lowest BCUT2D eigenvalue weighted by Gasteiger charge is -2.26. The van der Waals surface area contributed by atoms with E-state index >= 15 is 0 Å². The Morgan fingerprint density at radius 1 is 0.281 bits per heavy atom. The first kappa shape index (κ1) is 50.4. The highest BCUT2D eigenvalue weighted by Gasteiger charge is 2.21. The molecule has 0 bridgehead atoms. The molecule has 0 N–H and O–H groups in total. The van der Waals surface area contributed by atoms with Crippen molar-refractivity contribution in [1.82, 2.24) is 24.9 Å². The Balaban J connectivity index is 1.42. The van der Waals surface area contributed by atoms with E-state index in [9.17, 15) is 0 Å². The van der Waals surface area contributed by atoms with Crippen LogP contribution < -0.4 is 9.80 Å². The number of anilines is 6. The molecule has 0 saturated carbocycles. The molecule has 0 spiro atoms. The third kappa shape index (κ3) is 17.7. The lowest BCUT2D eigenvalue weighted by atomic mass is 10.1. The van der Waals surface area contributed by atoms with Crippen molar-refractivity contribution in [2.24, 2.45) is 0 Å². The molecule has 5 rings (SSSR count). The molecule has 5 aromatic heterocycles. The van der Waals surface area contributed by atoms with Crippen molar-refractivity contribution in [3.63, 3.8) is 0 Å². The van der Waals surface area contributed by atoms with Crippen molar-refractivity contribution < 1.29 is 0 Å². The molecule has 0 fully saturated rings. The highest BCUT2D eigenvalue weighted by atomic mass is 15.3. The number of aryl methyl sites for hydroxylation is 4. The number of nitrogens with zero attached hydrogens (tertiary/aromatic N) is 7. The first-order valence-corrected chi connectivity index (χ1v) is 26.0. The molecule has 0 amide bonds. The van der Waals surface area contributed by atoms with Crippen LogP contribution in [0.15, 0.2) is 91.5 Å². The van der Waals surface area contributed by atoms with Gasteiger partial charge in [0.2, 0.25) is 0 Å². The summed E-state index contributed by atoms with van der Waals surface area (Å²) < 4.78 is 0. The summed E-state index contributed by atoms with van der Waals surface area (Å²) in [7, 11) is 0. The second-order valence-electron chi connectivity index (χ2n) is 18.2. The summed E-state index contributed by atoms with van der Waals surface area (Å²) in [5, 5.41) is 0. The monoisotopic (exact) mass is 866 g/mol. The average molecular weight is 866 g/mol. The third-order valence-corrected chi connectivity index (χ3v) is 12.6. The first-order chi connectivity index (χ1) is 31.6. The summed E-state index contributed by atoms with van der Waals surface area (Å²) >= 11 is 0. The number of unbranched alkanes of at least 4 members (excludes halogenated alkanes) is 20. The number of aromatic nitrogens is 5. The van der Waals surface area contributed by atoms with Crippen LogP contribution in [-0.4, -0.2) is 24.9 Å². The van der Waals surface area contributed by atoms with Crippen LogP contribution in [0.3, 0.4) is 0 Å². The largest absolute Gasteiger partial charge is 0.262 e. The Labute approximate surface area is 389 Å². The summed E-state index contributed by atoms with van der Waals surface area (Å²) in [6.07, 6.45) is 43.2. The van der Waals surface area contributed by atoms with Gasteiger partial charge in [-0.3, -0.25) is 9.80 Å². The quantitative estimate of drug-likeness (QED) is 0.0381. The Hall–Kier alpha value is -4.65. The zero-order valence-electron chi connectivity index (χ0n) is 40.6. The van der Waals surface area contributed by atoms with Gasteiger partial charge in [-0.2, -0.15) is 0 Å². The van der Waals surface area contributed by atoms with E-state index in [-0.39, 0.29) is 0 Å². The minimum Gasteiger partial charge on any atom is -0.262 e. The lowest BCUT2D eigenvalue weighted by Crippen LogP contribution is -2.18. The fraction of sp³-hybridized carbons (Fsp3) is 0.561. The highest BCUT2D eigenvalue weighted by molar-refractivity contribution is 5.74. The molecule has 0 radical (unpaired) electrons. The van der Waals surface area contributed by atoms with Crippen LogP contribution in [0, 0.1) is 0 Å². The van der Waals surface area contributed by atoms with Crippen molar-refractivity contribution in [1.29, 1.82) is 0 Å². The Kier molecular flexibility index (Phi) is 24.0. The molecular weight excluding hydrogens is 783 g/mol. The standard InChI is InChI=1S/C57H83N7/c1-5-9-13-17-21-25-30-48-36-40-52(58-44-48)63(53-41-37-49(45-59-53)31-26-22-18-14-10-6-2)56-34-29-35-57(62-56)64(54-42-38-50(46-60-54)32-27-23-19-15-11-7-3)55-43-39-51(47-61-55)33-28-24-20-16-12-8-4/h29,34-47H,5-28,30-33H2,1-4H3. The topological polar surface area (TPSA) is 70.9 Å². The maximum atomic E-state index is 5.40. The van der Waals surface area contributed by atoms with E-state index in [4.69, 9.17) is 24.9 Å². The molecule has 0 aromatic carbocycles. The van der Waals surface area contributed by atoms with Crippen LogP contribution in [0.25, 0.3) is 0 Å². The average Bonchev–Trinajstić information content (AvgIpc) is 3.33. The summed E-state index contributed by atoms with van der Waals surface area (Å²) in [6.45, 7) is 9.11. The molecule has 0 atom stereocenters. The van der Waals surface area contributed by atoms with Crippen LogP contribution >= 0.6 is 0 Å². The maximum Gasteiger partial charge on any atom is 0.142 e. The second kappa shape index (κ2) is 30.5. The van der Waals surface area contributed by atoms with Crippen molar-refractivity contribution in [2.75, 3.05) is 9.80 Å². The molecule has 5 heterocycles. The summed E-state index contributed by atoms with van der Waals surface area (Å²) in [5.74, 6) is 4.69. The first-order valence-electron chi connectivity index (χ1n) is 26.0. The van der Waals surface area contributed by atoms with E-state index < -0.39 is 0 Å². The smallest absolute Gasteiger partial charge is 0.142 e. The molecule has 346 valence electrons.